The number of nitrogens with two attached hydrogens (primary N) is 1. The van der Waals surface area contributed by atoms with E-state index in [-0.39, 0.29) is 6.42 Å². The Hall–Kier alpha value is -2.04. The predicted octanol–water partition coefficient (Wildman–Crippen LogP) is 1.04. The van der Waals surface area contributed by atoms with Crippen LogP contribution in [-0.4, -0.2) is 25.1 Å². The second-order valence-corrected chi connectivity index (χ2v) is 3.88. The number of hydrogen-bond donors (Lipinski definition) is 1. The Morgan fingerprint density at radius 2 is 1.89 bits per heavy atom. The fraction of sp³-hybridized carbons (Fsp3) is 0.385. The maximum Gasteiger partial charge on any atom is 0.306 e. The zero-order valence-electron chi connectivity index (χ0n) is 10.5. The van der Waals surface area contributed by atoms with E-state index in [1.807, 2.05) is 24.3 Å². The van der Waals surface area contributed by atoms with Gasteiger partial charge >= 0.3 is 5.97 Å². The average molecular weight is 251 g/mol. The highest BCUT2D eigenvalue weighted by Gasteiger charge is 2.14. The van der Waals surface area contributed by atoms with Gasteiger partial charge in [0.05, 0.1) is 7.11 Å². The Kier molecular flexibility index (Phi) is 5.17. The minimum Gasteiger partial charge on any atom is -0.497 e. The van der Waals surface area contributed by atoms with Crippen LogP contribution in [0.2, 0.25) is 0 Å². The van der Waals surface area contributed by atoms with Crippen molar-refractivity contribution in [2.24, 2.45) is 5.73 Å². The van der Waals surface area contributed by atoms with E-state index in [1.54, 1.807) is 7.11 Å². The Morgan fingerprint density at radius 1 is 1.28 bits per heavy atom. The molecule has 5 nitrogen and oxygen atoms in total. The van der Waals surface area contributed by atoms with Gasteiger partial charge in [0.15, 0.2) is 6.10 Å². The normalized spacial score (nSPS) is 11.7. The quantitative estimate of drug-likeness (QED) is 0.766. The Bertz CT molecular complexity index is 414. The van der Waals surface area contributed by atoms with Crippen LogP contribution >= 0.6 is 0 Å². The van der Waals surface area contributed by atoms with Gasteiger partial charge in [-0.25, -0.2) is 0 Å². The second-order valence-electron chi connectivity index (χ2n) is 3.88. The molecule has 0 aliphatic rings. The van der Waals surface area contributed by atoms with Crippen molar-refractivity contribution in [1.29, 1.82) is 0 Å². The lowest BCUT2D eigenvalue weighted by molar-refractivity contribution is -0.153. The van der Waals surface area contributed by atoms with E-state index in [2.05, 4.69) is 0 Å². The standard InChI is InChI=1S/C13H17NO4/c1-9(13(14)16)18-12(15)8-5-10-3-6-11(17-2)7-4-10/h3-4,6-7,9H,5,8H2,1-2H3,(H2,14,16)/t9-/m1/s1. The van der Waals surface area contributed by atoms with Crippen LogP contribution in [0.25, 0.3) is 0 Å². The number of esters is 1. The van der Waals surface area contributed by atoms with Crippen LogP contribution in [0, 0.1) is 0 Å². The van der Waals surface area contributed by atoms with Crippen LogP contribution in [-0.2, 0) is 20.7 Å². The molecule has 18 heavy (non-hydrogen) atoms. The van der Waals surface area contributed by atoms with Gasteiger partial charge in [0.2, 0.25) is 0 Å². The highest BCUT2D eigenvalue weighted by atomic mass is 16.5. The second kappa shape index (κ2) is 6.64. The molecule has 1 atom stereocenters. The molecular weight excluding hydrogens is 234 g/mol. The summed E-state index contributed by atoms with van der Waals surface area (Å²) in [7, 11) is 1.59. The van der Waals surface area contributed by atoms with Crippen molar-refractivity contribution in [3.8, 4) is 5.75 Å². The summed E-state index contributed by atoms with van der Waals surface area (Å²) in [5, 5.41) is 0. The molecule has 1 rings (SSSR count). The van der Waals surface area contributed by atoms with E-state index in [9.17, 15) is 9.59 Å². The Morgan fingerprint density at radius 3 is 2.39 bits per heavy atom. The third-order valence-electron chi connectivity index (χ3n) is 2.49. The number of rotatable bonds is 6. The first-order chi connectivity index (χ1) is 8.52. The summed E-state index contributed by atoms with van der Waals surface area (Å²) in [5.41, 5.74) is 5.99. The summed E-state index contributed by atoms with van der Waals surface area (Å²) in [6, 6.07) is 7.41. The van der Waals surface area contributed by atoms with Crippen molar-refractivity contribution in [3.05, 3.63) is 29.8 Å². The van der Waals surface area contributed by atoms with Crippen molar-refractivity contribution >= 4 is 11.9 Å². The molecule has 1 aromatic carbocycles. The lowest BCUT2D eigenvalue weighted by atomic mass is 10.1. The molecule has 5 heteroatoms. The number of carbonyl (C=O) groups excluding carboxylic acids is 2. The molecule has 0 aliphatic heterocycles. The van der Waals surface area contributed by atoms with E-state index in [1.165, 1.54) is 6.92 Å². The molecule has 0 radical (unpaired) electrons. The van der Waals surface area contributed by atoms with E-state index < -0.39 is 18.0 Å². The van der Waals surface area contributed by atoms with Gasteiger partial charge in [0.1, 0.15) is 5.75 Å². The lowest BCUT2D eigenvalue weighted by Gasteiger charge is -2.09. The maximum absolute atomic E-state index is 11.4. The molecule has 0 aliphatic carbocycles. The van der Waals surface area contributed by atoms with Crippen molar-refractivity contribution in [1.82, 2.24) is 0 Å². The monoisotopic (exact) mass is 251 g/mol. The Balaban J connectivity index is 2.40. The number of primary amides is 1. The molecule has 0 spiro atoms. The van der Waals surface area contributed by atoms with Gasteiger partial charge in [-0.3, -0.25) is 9.59 Å². The van der Waals surface area contributed by atoms with Crippen molar-refractivity contribution in [2.75, 3.05) is 7.11 Å². The largest absolute Gasteiger partial charge is 0.497 e. The van der Waals surface area contributed by atoms with Gasteiger partial charge in [-0.1, -0.05) is 12.1 Å². The molecule has 0 fully saturated rings. The number of hydrogen-bond acceptors (Lipinski definition) is 4. The van der Waals surface area contributed by atoms with Crippen molar-refractivity contribution in [2.45, 2.75) is 25.9 Å². The minimum atomic E-state index is -0.881. The summed E-state index contributed by atoms with van der Waals surface area (Å²) in [6.07, 6.45) is -0.119. The molecule has 0 unspecified atom stereocenters. The fourth-order valence-corrected chi connectivity index (χ4v) is 1.35. The lowest BCUT2D eigenvalue weighted by Crippen LogP contribution is -2.30. The molecule has 0 heterocycles. The molecule has 2 N–H and O–H groups in total. The fourth-order valence-electron chi connectivity index (χ4n) is 1.35. The third-order valence-corrected chi connectivity index (χ3v) is 2.49. The zero-order chi connectivity index (χ0) is 13.5. The number of ether oxygens (including phenoxy) is 2. The SMILES string of the molecule is COc1ccc(CCC(=O)O[C@H](C)C(N)=O)cc1. The first-order valence-electron chi connectivity index (χ1n) is 5.64. The van der Waals surface area contributed by atoms with Crippen LogP contribution in [0.3, 0.4) is 0 Å². The topological polar surface area (TPSA) is 78.6 Å². The number of methoxy groups -OCH3 is 1. The Labute approximate surface area is 106 Å². The molecule has 0 aromatic heterocycles. The van der Waals surface area contributed by atoms with E-state index >= 15 is 0 Å². The number of amides is 1. The highest BCUT2D eigenvalue weighted by Crippen LogP contribution is 2.12. The first-order valence-corrected chi connectivity index (χ1v) is 5.64. The van der Waals surface area contributed by atoms with Crippen LogP contribution in [0.1, 0.15) is 18.9 Å². The summed E-state index contributed by atoms with van der Waals surface area (Å²) in [5.74, 6) is -0.311. The maximum atomic E-state index is 11.4. The molecule has 0 saturated carbocycles. The van der Waals surface area contributed by atoms with Crippen LogP contribution in [0.15, 0.2) is 24.3 Å². The summed E-state index contributed by atoms with van der Waals surface area (Å²) in [4.78, 5) is 22.1. The summed E-state index contributed by atoms with van der Waals surface area (Å²) in [6.45, 7) is 1.45. The summed E-state index contributed by atoms with van der Waals surface area (Å²) >= 11 is 0. The highest BCUT2D eigenvalue weighted by molar-refractivity contribution is 5.81. The van der Waals surface area contributed by atoms with Gasteiger partial charge in [-0.2, -0.15) is 0 Å². The number of carbonyl (C=O) groups is 2. The molecule has 1 amide bonds. The molecule has 0 bridgehead atoms. The number of aryl methyl sites for hydroxylation is 1. The smallest absolute Gasteiger partial charge is 0.306 e. The number of benzene rings is 1. The molecule has 1 aromatic rings. The van der Waals surface area contributed by atoms with Gasteiger partial charge in [0, 0.05) is 6.42 Å². The van der Waals surface area contributed by atoms with Crippen LogP contribution in [0.5, 0.6) is 5.75 Å². The van der Waals surface area contributed by atoms with Crippen LogP contribution < -0.4 is 10.5 Å². The van der Waals surface area contributed by atoms with Crippen molar-refractivity contribution in [3.63, 3.8) is 0 Å². The predicted molar refractivity (Wildman–Crippen MR) is 66.1 cm³/mol. The van der Waals surface area contributed by atoms with Gasteiger partial charge in [-0.05, 0) is 31.0 Å². The third kappa shape index (κ3) is 4.45. The van der Waals surface area contributed by atoms with Crippen LogP contribution in [0.4, 0.5) is 0 Å². The van der Waals surface area contributed by atoms with Gasteiger partial charge in [-0.15, -0.1) is 0 Å². The molecule has 98 valence electrons. The van der Waals surface area contributed by atoms with E-state index in [4.69, 9.17) is 15.2 Å². The molecular formula is C13H17NO4. The molecule has 0 saturated heterocycles. The minimum absolute atomic E-state index is 0.212. The van der Waals surface area contributed by atoms with Gasteiger partial charge in [0.25, 0.3) is 5.91 Å². The van der Waals surface area contributed by atoms with E-state index in [0.29, 0.717) is 6.42 Å². The average Bonchev–Trinajstić information content (AvgIpc) is 2.36. The van der Waals surface area contributed by atoms with Gasteiger partial charge < -0.3 is 15.2 Å². The summed E-state index contributed by atoms with van der Waals surface area (Å²) < 4.78 is 9.87. The van der Waals surface area contributed by atoms with Crippen molar-refractivity contribution < 1.29 is 19.1 Å². The zero-order valence-corrected chi connectivity index (χ0v) is 10.5. The first kappa shape index (κ1) is 14.0. The van der Waals surface area contributed by atoms with E-state index in [0.717, 1.165) is 11.3 Å².